The average Bonchev–Trinajstić information content (AvgIpc) is 2.97. The molecule has 0 aliphatic heterocycles. The lowest BCUT2D eigenvalue weighted by molar-refractivity contribution is 0.0703. The third-order valence-corrected chi connectivity index (χ3v) is 10.6. The Hall–Kier alpha value is -1.63. The van der Waals surface area contributed by atoms with Crippen LogP contribution in [0.25, 0.3) is 10.4 Å². The van der Waals surface area contributed by atoms with Crippen molar-refractivity contribution in [3.05, 3.63) is 41.3 Å². The van der Waals surface area contributed by atoms with Gasteiger partial charge in [0, 0.05) is 10.9 Å². The van der Waals surface area contributed by atoms with E-state index in [0.29, 0.717) is 17.2 Å². The van der Waals surface area contributed by atoms with E-state index in [0.717, 1.165) is 10.4 Å². The number of aromatic carboxylic acids is 1. The Kier molecular flexibility index (Phi) is 6.32. The Labute approximate surface area is 161 Å². The summed E-state index contributed by atoms with van der Waals surface area (Å²) in [6, 6.07) is 11.8. The van der Waals surface area contributed by atoms with Crippen LogP contribution in [0.2, 0.25) is 18.1 Å². The van der Waals surface area contributed by atoms with Crippen molar-refractivity contribution in [1.82, 2.24) is 0 Å². The van der Waals surface area contributed by atoms with Crippen molar-refractivity contribution in [1.29, 1.82) is 0 Å². The van der Waals surface area contributed by atoms with Crippen LogP contribution in [0.3, 0.4) is 0 Å². The molecule has 2 rings (SSSR count). The molecule has 0 aliphatic rings. The van der Waals surface area contributed by atoms with Gasteiger partial charge < -0.3 is 14.8 Å². The number of hydrogen-bond acceptors (Lipinski definition) is 4. The zero-order chi connectivity index (χ0) is 19.5. The van der Waals surface area contributed by atoms with Crippen molar-refractivity contribution < 1.29 is 14.3 Å². The molecule has 0 saturated heterocycles. The maximum Gasteiger partial charge on any atom is 0.348 e. The number of hydrogen-bond donors (Lipinski definition) is 2. The molecule has 26 heavy (non-hydrogen) atoms. The number of carbonyl (C=O) groups is 1. The Bertz CT molecular complexity index is 750. The average molecular weight is 392 g/mol. The van der Waals surface area contributed by atoms with Crippen molar-refractivity contribution in [3.63, 3.8) is 0 Å². The molecule has 1 aromatic heterocycles. The first kappa shape index (κ1) is 20.7. The summed E-state index contributed by atoms with van der Waals surface area (Å²) in [7, 11) is -1.82. The summed E-state index contributed by atoms with van der Waals surface area (Å²) in [6.07, 6.45) is 0. The highest BCUT2D eigenvalue weighted by Crippen LogP contribution is 2.37. The van der Waals surface area contributed by atoms with Gasteiger partial charge in [-0.15, -0.1) is 11.3 Å². The van der Waals surface area contributed by atoms with E-state index in [4.69, 9.17) is 4.43 Å². The number of thiophene rings is 1. The minimum Gasteiger partial charge on any atom is -0.477 e. The second-order valence-corrected chi connectivity index (χ2v) is 14.0. The molecule has 0 saturated carbocycles. The summed E-state index contributed by atoms with van der Waals surface area (Å²) < 4.78 is 6.25. The van der Waals surface area contributed by atoms with E-state index in [1.807, 2.05) is 43.3 Å². The summed E-state index contributed by atoms with van der Waals surface area (Å²) in [4.78, 5) is 12.9. The van der Waals surface area contributed by atoms with Crippen LogP contribution in [0, 0.1) is 0 Å². The van der Waals surface area contributed by atoms with Crippen LogP contribution in [0.4, 0.5) is 5.69 Å². The van der Waals surface area contributed by atoms with Crippen LogP contribution in [-0.4, -0.2) is 32.0 Å². The van der Waals surface area contributed by atoms with E-state index in [-0.39, 0.29) is 11.1 Å². The molecule has 142 valence electrons. The van der Waals surface area contributed by atoms with Crippen molar-refractivity contribution in [2.24, 2.45) is 0 Å². The molecule has 0 fully saturated rings. The van der Waals surface area contributed by atoms with Gasteiger partial charge in [0.15, 0.2) is 8.32 Å². The molecule has 1 heterocycles. The van der Waals surface area contributed by atoms with Crippen molar-refractivity contribution >= 4 is 31.3 Å². The van der Waals surface area contributed by atoms with Crippen LogP contribution >= 0.6 is 11.3 Å². The lowest BCUT2D eigenvalue weighted by atomic mass is 10.2. The summed E-state index contributed by atoms with van der Waals surface area (Å²) in [6.45, 7) is 13.7. The Balaban J connectivity index is 2.13. The van der Waals surface area contributed by atoms with Crippen molar-refractivity contribution in [3.8, 4) is 10.4 Å². The van der Waals surface area contributed by atoms with E-state index in [2.05, 4.69) is 39.2 Å². The molecule has 0 aliphatic carbocycles. The first-order valence-corrected chi connectivity index (χ1v) is 12.6. The number of carboxylic acid groups (broad SMARTS) is 1. The summed E-state index contributed by atoms with van der Waals surface area (Å²) >= 11 is 1.30. The van der Waals surface area contributed by atoms with Crippen LogP contribution < -0.4 is 5.32 Å². The third-order valence-electron chi connectivity index (χ3n) is 4.89. The predicted molar refractivity (Wildman–Crippen MR) is 113 cm³/mol. The zero-order valence-electron chi connectivity index (χ0n) is 16.4. The van der Waals surface area contributed by atoms with Gasteiger partial charge in [0.1, 0.15) is 4.88 Å². The first-order valence-electron chi connectivity index (χ1n) is 8.84. The molecular weight excluding hydrogens is 362 g/mol. The lowest BCUT2D eigenvalue weighted by Gasteiger charge is -2.37. The van der Waals surface area contributed by atoms with E-state index >= 15 is 0 Å². The van der Waals surface area contributed by atoms with Crippen LogP contribution in [0.1, 0.15) is 37.4 Å². The number of anilines is 1. The second-order valence-electron chi connectivity index (χ2n) is 8.14. The normalized spacial score (nSPS) is 13.5. The quantitative estimate of drug-likeness (QED) is 0.574. The van der Waals surface area contributed by atoms with E-state index in [1.165, 1.54) is 11.3 Å². The predicted octanol–water partition coefficient (Wildman–Crippen LogP) is 5.94. The smallest absolute Gasteiger partial charge is 0.348 e. The lowest BCUT2D eigenvalue weighted by Crippen LogP contribution is -2.43. The van der Waals surface area contributed by atoms with E-state index < -0.39 is 14.3 Å². The molecule has 0 radical (unpaired) electrons. The maximum atomic E-state index is 11.6. The fraction of sp³-hybridized carbons (Fsp3) is 0.450. The third kappa shape index (κ3) is 4.96. The fourth-order valence-electron chi connectivity index (χ4n) is 2.26. The number of carboxylic acids is 1. The molecule has 1 atom stereocenters. The van der Waals surface area contributed by atoms with Gasteiger partial charge in [-0.1, -0.05) is 51.1 Å². The minimum absolute atomic E-state index is 0.0282. The fourth-order valence-corrected chi connectivity index (χ4v) is 4.32. The van der Waals surface area contributed by atoms with Gasteiger partial charge in [-0.25, -0.2) is 4.79 Å². The van der Waals surface area contributed by atoms with Gasteiger partial charge in [-0.05, 0) is 36.7 Å². The molecule has 1 aromatic carbocycles. The molecule has 0 amide bonds. The van der Waals surface area contributed by atoms with Gasteiger partial charge in [0.25, 0.3) is 0 Å². The Morgan fingerprint density at radius 2 is 1.88 bits per heavy atom. The van der Waals surface area contributed by atoms with Crippen LogP contribution in [-0.2, 0) is 4.43 Å². The van der Waals surface area contributed by atoms with Gasteiger partial charge in [-0.3, -0.25) is 0 Å². The van der Waals surface area contributed by atoms with Gasteiger partial charge >= 0.3 is 5.97 Å². The molecular formula is C20H29NO3SSi. The van der Waals surface area contributed by atoms with E-state index in [9.17, 15) is 9.90 Å². The van der Waals surface area contributed by atoms with Gasteiger partial charge in [0.05, 0.1) is 12.3 Å². The second kappa shape index (κ2) is 7.94. The first-order chi connectivity index (χ1) is 12.0. The Morgan fingerprint density at radius 3 is 2.42 bits per heavy atom. The summed E-state index contributed by atoms with van der Waals surface area (Å²) in [5, 5.41) is 13.0. The number of benzene rings is 1. The Morgan fingerprint density at radius 1 is 1.27 bits per heavy atom. The van der Waals surface area contributed by atoms with Crippen LogP contribution in [0.15, 0.2) is 36.4 Å². The highest BCUT2D eigenvalue weighted by atomic mass is 32.1. The molecule has 0 bridgehead atoms. The molecule has 2 N–H and O–H groups in total. The summed E-state index contributed by atoms with van der Waals surface area (Å²) in [5.41, 5.74) is 1.69. The molecule has 1 unspecified atom stereocenters. The molecule has 4 nitrogen and oxygen atoms in total. The minimum atomic E-state index is -1.82. The summed E-state index contributed by atoms with van der Waals surface area (Å²) in [5.74, 6) is -0.905. The van der Waals surface area contributed by atoms with Gasteiger partial charge in [-0.2, -0.15) is 0 Å². The van der Waals surface area contributed by atoms with E-state index in [1.54, 1.807) is 0 Å². The molecule has 0 spiro atoms. The highest BCUT2D eigenvalue weighted by Gasteiger charge is 2.37. The highest BCUT2D eigenvalue weighted by molar-refractivity contribution is 7.18. The largest absolute Gasteiger partial charge is 0.477 e. The molecule has 6 heteroatoms. The number of nitrogens with one attached hydrogen (secondary N) is 1. The molecule has 2 aromatic rings. The van der Waals surface area contributed by atoms with Crippen molar-refractivity contribution in [2.75, 3.05) is 11.9 Å². The van der Waals surface area contributed by atoms with Crippen molar-refractivity contribution in [2.45, 2.75) is 51.9 Å². The monoisotopic (exact) mass is 391 g/mol. The SMILES string of the molecule is CC(CO[Si](C)(C)C(C)(C)C)Nc1cc(-c2ccccc2)sc1C(=O)O. The van der Waals surface area contributed by atoms with Crippen LogP contribution in [0.5, 0.6) is 0 Å². The maximum absolute atomic E-state index is 11.6. The van der Waals surface area contributed by atoms with Gasteiger partial charge in [0.2, 0.25) is 0 Å². The number of rotatable bonds is 7. The zero-order valence-corrected chi connectivity index (χ0v) is 18.2. The standard InChI is InChI=1S/C20H29NO3SSi/c1-14(13-24-26(5,6)20(2,3)4)21-16-12-17(25-18(16)19(22)23)15-10-8-7-9-11-15/h7-12,14,21H,13H2,1-6H3,(H,22,23). The topological polar surface area (TPSA) is 58.6 Å².